The van der Waals surface area contributed by atoms with E-state index in [0.717, 1.165) is 38.2 Å². The summed E-state index contributed by atoms with van der Waals surface area (Å²) in [5, 5.41) is 15.5. The van der Waals surface area contributed by atoms with Crippen LogP contribution in [0.2, 0.25) is 0 Å². The first-order chi connectivity index (χ1) is 27.1. The molecule has 4 amide bonds. The Kier molecular flexibility index (Phi) is 15.2. The van der Waals surface area contributed by atoms with Crippen molar-refractivity contribution in [1.82, 2.24) is 21.3 Å². The van der Waals surface area contributed by atoms with Crippen LogP contribution in [0, 0.1) is 0 Å². The van der Waals surface area contributed by atoms with Crippen LogP contribution in [0.25, 0.3) is 21.5 Å². The standard InChI is InChI=1S/C45H52N6O5/c1-30(52)38(17-9-10-23-46)49-44(55)40(27-31-11-3-2-4-12-31)50-45(56)41(29-33-19-21-35-14-6-8-16-37(35)26-33)51-43(54)39(48-42(53)22-24-47)28-32-18-20-34-13-5-7-15-36(34)25-32/h2-8,11-16,18-21,25-26,38-41H,9-10,17,22-24,27-29,46-47H2,1H3,(H,48,53)(H,49,55)(H,50,56)(H,51,54). The van der Waals surface area contributed by atoms with Gasteiger partial charge >= 0.3 is 0 Å². The highest BCUT2D eigenvalue weighted by molar-refractivity contribution is 5.96. The van der Waals surface area contributed by atoms with Gasteiger partial charge in [-0.2, -0.15) is 0 Å². The van der Waals surface area contributed by atoms with Crippen molar-refractivity contribution in [2.75, 3.05) is 13.1 Å². The molecule has 5 rings (SSSR count). The number of carbonyl (C=O) groups excluding carboxylic acids is 5. The molecule has 0 aromatic heterocycles. The zero-order valence-electron chi connectivity index (χ0n) is 31.8. The summed E-state index contributed by atoms with van der Waals surface area (Å²) < 4.78 is 0. The van der Waals surface area contributed by atoms with Gasteiger partial charge in [0.05, 0.1) is 6.04 Å². The van der Waals surface area contributed by atoms with Gasteiger partial charge in [-0.1, -0.05) is 115 Å². The zero-order valence-corrected chi connectivity index (χ0v) is 31.8. The van der Waals surface area contributed by atoms with Crippen molar-refractivity contribution in [3.05, 3.63) is 132 Å². The van der Waals surface area contributed by atoms with Crippen molar-refractivity contribution in [3.8, 4) is 0 Å². The summed E-state index contributed by atoms with van der Waals surface area (Å²) in [5.74, 6) is -2.27. The maximum atomic E-state index is 14.4. The molecule has 11 nitrogen and oxygen atoms in total. The van der Waals surface area contributed by atoms with E-state index in [0.29, 0.717) is 25.8 Å². The van der Waals surface area contributed by atoms with Crippen LogP contribution in [-0.4, -0.2) is 66.7 Å². The number of benzene rings is 5. The molecule has 56 heavy (non-hydrogen) atoms. The fraction of sp³-hybridized carbons (Fsp3) is 0.311. The number of ketones is 1. The molecule has 8 N–H and O–H groups in total. The van der Waals surface area contributed by atoms with E-state index < -0.39 is 47.8 Å². The van der Waals surface area contributed by atoms with E-state index in [4.69, 9.17) is 11.5 Å². The van der Waals surface area contributed by atoms with Crippen LogP contribution in [0.3, 0.4) is 0 Å². The van der Waals surface area contributed by atoms with Crippen molar-refractivity contribution < 1.29 is 24.0 Å². The van der Waals surface area contributed by atoms with Gasteiger partial charge in [0.25, 0.3) is 0 Å². The number of hydrogen-bond acceptors (Lipinski definition) is 7. The lowest BCUT2D eigenvalue weighted by Crippen LogP contribution is -2.59. The maximum absolute atomic E-state index is 14.4. The zero-order chi connectivity index (χ0) is 39.9. The normalized spacial score (nSPS) is 13.3. The molecule has 0 fully saturated rings. The van der Waals surface area contributed by atoms with Crippen molar-refractivity contribution in [2.45, 2.75) is 76.0 Å². The molecule has 0 aliphatic rings. The third-order valence-corrected chi connectivity index (χ3v) is 9.83. The SMILES string of the molecule is CC(=O)C(CCCCN)NC(=O)C(Cc1ccccc1)NC(=O)C(Cc1ccc2ccccc2c1)NC(=O)C(Cc1ccc2ccccc2c1)NC(=O)CCN. The second kappa shape index (κ2) is 20.7. The molecule has 4 atom stereocenters. The van der Waals surface area contributed by atoms with E-state index >= 15 is 0 Å². The van der Waals surface area contributed by atoms with Gasteiger partial charge in [-0.15, -0.1) is 0 Å². The minimum absolute atomic E-state index is 0.0201. The molecule has 11 heteroatoms. The second-order valence-corrected chi connectivity index (χ2v) is 14.2. The third kappa shape index (κ3) is 12.0. The number of nitrogens with one attached hydrogen (secondary N) is 4. The number of amides is 4. The van der Waals surface area contributed by atoms with Crippen LogP contribution >= 0.6 is 0 Å². The lowest BCUT2D eigenvalue weighted by Gasteiger charge is -2.27. The molecular weight excluding hydrogens is 705 g/mol. The quantitative estimate of drug-likeness (QED) is 0.0648. The molecular formula is C45H52N6O5. The van der Waals surface area contributed by atoms with E-state index in [1.54, 1.807) is 0 Å². The highest BCUT2D eigenvalue weighted by atomic mass is 16.2. The molecule has 0 saturated carbocycles. The average Bonchev–Trinajstić information content (AvgIpc) is 3.20. The van der Waals surface area contributed by atoms with Gasteiger partial charge in [-0.05, 0) is 71.0 Å². The molecule has 5 aromatic carbocycles. The Hall–Kier alpha value is -5.91. The molecule has 4 unspecified atom stereocenters. The lowest BCUT2D eigenvalue weighted by molar-refractivity contribution is -0.134. The van der Waals surface area contributed by atoms with Gasteiger partial charge in [0.15, 0.2) is 5.78 Å². The first kappa shape index (κ1) is 41.3. The summed E-state index contributed by atoms with van der Waals surface area (Å²) in [6.07, 6.45) is 2.19. The summed E-state index contributed by atoms with van der Waals surface area (Å²) in [5.41, 5.74) is 13.7. The number of hydrogen-bond donors (Lipinski definition) is 6. The Morgan fingerprint density at radius 1 is 0.482 bits per heavy atom. The van der Waals surface area contributed by atoms with Crippen LogP contribution in [-0.2, 0) is 43.2 Å². The lowest BCUT2D eigenvalue weighted by atomic mass is 9.98. The molecule has 0 aliphatic carbocycles. The second-order valence-electron chi connectivity index (χ2n) is 14.2. The van der Waals surface area contributed by atoms with E-state index in [1.807, 2.05) is 115 Å². The fourth-order valence-electron chi connectivity index (χ4n) is 6.76. The van der Waals surface area contributed by atoms with Crippen LogP contribution in [0.5, 0.6) is 0 Å². The van der Waals surface area contributed by atoms with E-state index in [-0.39, 0.29) is 38.0 Å². The van der Waals surface area contributed by atoms with Gasteiger partial charge in [0.2, 0.25) is 23.6 Å². The largest absolute Gasteiger partial charge is 0.345 e. The monoisotopic (exact) mass is 756 g/mol. The minimum Gasteiger partial charge on any atom is -0.345 e. The predicted molar refractivity (Wildman–Crippen MR) is 220 cm³/mol. The summed E-state index contributed by atoms with van der Waals surface area (Å²) in [7, 11) is 0. The van der Waals surface area contributed by atoms with Gasteiger partial charge in [0, 0.05) is 32.2 Å². The predicted octanol–water partition coefficient (Wildman–Crippen LogP) is 4.03. The topological polar surface area (TPSA) is 186 Å². The van der Waals surface area contributed by atoms with Crippen molar-refractivity contribution in [2.24, 2.45) is 11.5 Å². The number of rotatable bonds is 20. The summed E-state index contributed by atoms with van der Waals surface area (Å²) in [4.78, 5) is 68.1. The number of Topliss-reactive ketones (excluding diaryl/α,β-unsaturated/α-hetero) is 1. The molecule has 0 bridgehead atoms. The molecule has 292 valence electrons. The van der Waals surface area contributed by atoms with Crippen LogP contribution in [0.1, 0.15) is 49.3 Å². The van der Waals surface area contributed by atoms with Crippen LogP contribution in [0.15, 0.2) is 115 Å². The molecule has 0 aliphatic heterocycles. The van der Waals surface area contributed by atoms with Gasteiger partial charge in [-0.3, -0.25) is 24.0 Å². The average molecular weight is 757 g/mol. The van der Waals surface area contributed by atoms with Gasteiger partial charge in [0.1, 0.15) is 18.1 Å². The highest BCUT2D eigenvalue weighted by Gasteiger charge is 2.31. The van der Waals surface area contributed by atoms with E-state index in [9.17, 15) is 24.0 Å². The number of carbonyl (C=O) groups is 5. The van der Waals surface area contributed by atoms with E-state index in [1.165, 1.54) is 6.92 Å². The fourth-order valence-corrected chi connectivity index (χ4v) is 6.76. The Morgan fingerprint density at radius 2 is 0.929 bits per heavy atom. The first-order valence-electron chi connectivity index (χ1n) is 19.2. The molecule has 5 aromatic rings. The number of nitrogens with two attached hydrogens (primary N) is 2. The Labute approximate surface area is 328 Å². The summed E-state index contributed by atoms with van der Waals surface area (Å²) >= 11 is 0. The van der Waals surface area contributed by atoms with Crippen LogP contribution in [0.4, 0.5) is 0 Å². The van der Waals surface area contributed by atoms with Gasteiger partial charge < -0.3 is 32.7 Å². The van der Waals surface area contributed by atoms with Crippen molar-refractivity contribution in [3.63, 3.8) is 0 Å². The van der Waals surface area contributed by atoms with Crippen molar-refractivity contribution in [1.29, 1.82) is 0 Å². The number of fused-ring (bicyclic) bond motifs is 2. The summed E-state index contributed by atoms with van der Waals surface area (Å²) in [6.45, 7) is 1.99. The smallest absolute Gasteiger partial charge is 0.243 e. The number of unbranched alkanes of at least 4 members (excludes halogenated alkanes) is 1. The maximum Gasteiger partial charge on any atom is 0.243 e. The first-order valence-corrected chi connectivity index (χ1v) is 19.2. The van der Waals surface area contributed by atoms with E-state index in [2.05, 4.69) is 21.3 Å². The molecule has 0 heterocycles. The molecule has 0 spiro atoms. The molecule has 0 radical (unpaired) electrons. The summed E-state index contributed by atoms with van der Waals surface area (Å²) in [6, 6.07) is 32.6. The Bertz CT molecular complexity index is 2120. The third-order valence-electron chi connectivity index (χ3n) is 9.83. The Morgan fingerprint density at radius 3 is 1.41 bits per heavy atom. The van der Waals surface area contributed by atoms with Crippen LogP contribution < -0.4 is 32.7 Å². The minimum atomic E-state index is -1.14. The van der Waals surface area contributed by atoms with Gasteiger partial charge in [-0.25, -0.2) is 0 Å². The molecule has 0 saturated heterocycles. The van der Waals surface area contributed by atoms with Crippen molar-refractivity contribution >= 4 is 51.0 Å². The Balaban J connectivity index is 1.44. The highest BCUT2D eigenvalue weighted by Crippen LogP contribution is 2.19.